The Hall–Kier alpha value is -3.60. The number of thiazole rings is 1. The fourth-order valence-corrected chi connectivity index (χ4v) is 3.97. The Bertz CT molecular complexity index is 1360. The highest BCUT2D eigenvalue weighted by atomic mass is 32.1. The first-order valence-corrected chi connectivity index (χ1v) is 10.0. The van der Waals surface area contributed by atoms with E-state index in [1.54, 1.807) is 6.92 Å². The van der Waals surface area contributed by atoms with E-state index >= 15 is 0 Å². The highest BCUT2D eigenvalue weighted by molar-refractivity contribution is 7.19. The summed E-state index contributed by atoms with van der Waals surface area (Å²) in [4.78, 5) is 29.5. The SMILES string of the molecule is Cc1nc2c(=O)n(CC(=O)Nc3ccc(C(F)(F)F)cc3)nc(-c3ccc(F)cc3)c2s1. The smallest absolute Gasteiger partial charge is 0.324 e. The average molecular weight is 462 g/mol. The van der Waals surface area contributed by atoms with Gasteiger partial charge in [-0.2, -0.15) is 18.3 Å². The number of benzene rings is 2. The summed E-state index contributed by atoms with van der Waals surface area (Å²) >= 11 is 1.25. The van der Waals surface area contributed by atoms with E-state index in [1.165, 1.54) is 35.6 Å². The Morgan fingerprint density at radius 1 is 1.09 bits per heavy atom. The van der Waals surface area contributed by atoms with Crippen LogP contribution in [0.4, 0.5) is 23.2 Å². The van der Waals surface area contributed by atoms with Crippen molar-refractivity contribution in [2.24, 2.45) is 0 Å². The van der Waals surface area contributed by atoms with Crippen molar-refractivity contribution in [3.05, 3.63) is 75.3 Å². The molecule has 0 aliphatic rings. The number of nitrogens with zero attached hydrogens (tertiary/aromatic N) is 3. The maximum atomic E-state index is 13.3. The summed E-state index contributed by atoms with van der Waals surface area (Å²) in [6.07, 6.45) is -4.49. The third-order valence-electron chi connectivity index (χ3n) is 4.51. The van der Waals surface area contributed by atoms with E-state index in [0.29, 0.717) is 21.0 Å². The third-order valence-corrected chi connectivity index (χ3v) is 5.49. The van der Waals surface area contributed by atoms with Crippen LogP contribution in [0.2, 0.25) is 0 Å². The highest BCUT2D eigenvalue weighted by Crippen LogP contribution is 2.30. The van der Waals surface area contributed by atoms with Crippen molar-refractivity contribution in [3.8, 4) is 11.3 Å². The molecule has 0 saturated carbocycles. The monoisotopic (exact) mass is 462 g/mol. The van der Waals surface area contributed by atoms with Crippen LogP contribution in [0.1, 0.15) is 10.6 Å². The molecular weight excluding hydrogens is 448 g/mol. The first kappa shape index (κ1) is 21.6. The second kappa shape index (κ2) is 8.15. The summed E-state index contributed by atoms with van der Waals surface area (Å²) in [5, 5.41) is 7.35. The number of carbonyl (C=O) groups excluding carboxylic acids is 1. The first-order chi connectivity index (χ1) is 15.1. The molecule has 4 aromatic rings. The molecule has 2 heterocycles. The largest absolute Gasteiger partial charge is 0.416 e. The number of halogens is 4. The van der Waals surface area contributed by atoms with Gasteiger partial charge >= 0.3 is 6.18 Å². The number of hydrogen-bond acceptors (Lipinski definition) is 5. The van der Waals surface area contributed by atoms with Crippen LogP contribution in [0.15, 0.2) is 53.3 Å². The number of nitrogens with one attached hydrogen (secondary N) is 1. The van der Waals surface area contributed by atoms with Gasteiger partial charge in [0.1, 0.15) is 18.1 Å². The minimum Gasteiger partial charge on any atom is -0.324 e. The van der Waals surface area contributed by atoms with Crippen LogP contribution in [0.3, 0.4) is 0 Å². The van der Waals surface area contributed by atoms with Crippen molar-refractivity contribution in [2.75, 3.05) is 5.32 Å². The maximum Gasteiger partial charge on any atom is 0.416 e. The molecule has 0 unspecified atom stereocenters. The zero-order valence-electron chi connectivity index (χ0n) is 16.4. The molecule has 0 atom stereocenters. The van der Waals surface area contributed by atoms with Crippen molar-refractivity contribution in [1.29, 1.82) is 0 Å². The highest BCUT2D eigenvalue weighted by Gasteiger charge is 2.30. The van der Waals surface area contributed by atoms with Crippen molar-refractivity contribution < 1.29 is 22.4 Å². The summed E-state index contributed by atoms with van der Waals surface area (Å²) in [6.45, 7) is 1.24. The zero-order chi connectivity index (χ0) is 23.0. The number of alkyl halides is 3. The van der Waals surface area contributed by atoms with Crippen molar-refractivity contribution in [2.45, 2.75) is 19.6 Å². The molecule has 6 nitrogen and oxygen atoms in total. The number of aryl methyl sites for hydroxylation is 1. The number of fused-ring (bicyclic) bond motifs is 1. The lowest BCUT2D eigenvalue weighted by Gasteiger charge is -2.10. The van der Waals surface area contributed by atoms with Gasteiger partial charge in [0.25, 0.3) is 5.56 Å². The van der Waals surface area contributed by atoms with Crippen LogP contribution in [0.25, 0.3) is 21.5 Å². The number of carbonyl (C=O) groups is 1. The Balaban J connectivity index is 1.65. The summed E-state index contributed by atoms with van der Waals surface area (Å²) in [5.41, 5.74) is -0.256. The normalized spacial score (nSPS) is 11.7. The summed E-state index contributed by atoms with van der Waals surface area (Å²) < 4.78 is 52.8. The minimum absolute atomic E-state index is 0.129. The van der Waals surface area contributed by atoms with E-state index in [1.807, 2.05) is 0 Å². The van der Waals surface area contributed by atoms with Gasteiger partial charge in [0.2, 0.25) is 5.91 Å². The second-order valence-electron chi connectivity index (χ2n) is 6.85. The Morgan fingerprint density at radius 2 is 1.75 bits per heavy atom. The molecule has 0 saturated heterocycles. The molecule has 164 valence electrons. The predicted molar refractivity (Wildman–Crippen MR) is 112 cm³/mol. The lowest BCUT2D eigenvalue weighted by molar-refractivity contribution is -0.137. The molecule has 1 N–H and O–H groups in total. The van der Waals surface area contributed by atoms with E-state index in [4.69, 9.17) is 0 Å². The van der Waals surface area contributed by atoms with Gasteiger partial charge in [0.05, 0.1) is 15.3 Å². The summed E-state index contributed by atoms with van der Waals surface area (Å²) in [5.74, 6) is -1.09. The molecule has 11 heteroatoms. The molecule has 2 aromatic carbocycles. The molecule has 2 aromatic heterocycles. The van der Waals surface area contributed by atoms with Crippen LogP contribution in [-0.2, 0) is 17.5 Å². The van der Waals surface area contributed by atoms with Gasteiger partial charge in [-0.1, -0.05) is 0 Å². The Kier molecular flexibility index (Phi) is 5.51. The van der Waals surface area contributed by atoms with E-state index in [9.17, 15) is 27.2 Å². The lowest BCUT2D eigenvalue weighted by Crippen LogP contribution is -2.30. The lowest BCUT2D eigenvalue weighted by atomic mass is 10.1. The molecule has 0 fully saturated rings. The van der Waals surface area contributed by atoms with E-state index in [0.717, 1.165) is 28.9 Å². The Morgan fingerprint density at radius 3 is 2.38 bits per heavy atom. The number of anilines is 1. The van der Waals surface area contributed by atoms with Gasteiger partial charge in [-0.3, -0.25) is 9.59 Å². The van der Waals surface area contributed by atoms with Gasteiger partial charge in [0, 0.05) is 11.3 Å². The Labute approximate surface area is 182 Å². The van der Waals surface area contributed by atoms with Crippen LogP contribution in [0, 0.1) is 12.7 Å². The topological polar surface area (TPSA) is 76.9 Å². The van der Waals surface area contributed by atoms with Crippen LogP contribution < -0.4 is 10.9 Å². The molecule has 0 radical (unpaired) electrons. The van der Waals surface area contributed by atoms with Crippen molar-refractivity contribution in [3.63, 3.8) is 0 Å². The van der Waals surface area contributed by atoms with Gasteiger partial charge in [0.15, 0.2) is 5.52 Å². The number of hydrogen-bond donors (Lipinski definition) is 1. The van der Waals surface area contributed by atoms with Gasteiger partial charge in [-0.15, -0.1) is 11.3 Å². The van der Waals surface area contributed by atoms with Gasteiger partial charge < -0.3 is 5.32 Å². The standard InChI is InChI=1S/C21H14F4N4O2S/c1-11-26-18-19(32-11)17(12-2-6-14(22)7-3-12)28-29(20(18)31)10-16(30)27-15-8-4-13(5-9-15)21(23,24)25/h2-9H,10H2,1H3,(H,27,30). The molecule has 1 amide bonds. The minimum atomic E-state index is -4.49. The van der Waals surface area contributed by atoms with Crippen molar-refractivity contribution >= 4 is 33.1 Å². The molecule has 0 aliphatic heterocycles. The summed E-state index contributed by atoms with van der Waals surface area (Å²) in [7, 11) is 0. The van der Waals surface area contributed by atoms with E-state index in [2.05, 4.69) is 15.4 Å². The maximum absolute atomic E-state index is 13.3. The average Bonchev–Trinajstić information content (AvgIpc) is 3.12. The van der Waals surface area contributed by atoms with E-state index < -0.39 is 35.6 Å². The predicted octanol–water partition coefficient (Wildman–Crippen LogP) is 4.63. The molecule has 0 aliphatic carbocycles. The van der Waals surface area contributed by atoms with Crippen LogP contribution >= 0.6 is 11.3 Å². The third kappa shape index (κ3) is 4.37. The molecule has 0 bridgehead atoms. The quantitative estimate of drug-likeness (QED) is 0.449. The molecule has 0 spiro atoms. The second-order valence-corrected chi connectivity index (χ2v) is 8.06. The van der Waals surface area contributed by atoms with Crippen molar-refractivity contribution in [1.82, 2.24) is 14.8 Å². The van der Waals surface area contributed by atoms with Gasteiger partial charge in [-0.25, -0.2) is 14.1 Å². The van der Waals surface area contributed by atoms with Crippen LogP contribution in [-0.4, -0.2) is 20.7 Å². The number of amides is 1. The molecular formula is C21H14F4N4O2S. The number of rotatable bonds is 4. The van der Waals surface area contributed by atoms with Gasteiger partial charge in [-0.05, 0) is 55.5 Å². The molecule has 4 rings (SSSR count). The fraction of sp³-hybridized carbons (Fsp3) is 0.143. The first-order valence-electron chi connectivity index (χ1n) is 9.23. The fourth-order valence-electron chi connectivity index (χ4n) is 3.05. The van der Waals surface area contributed by atoms with E-state index in [-0.39, 0.29) is 11.2 Å². The zero-order valence-corrected chi connectivity index (χ0v) is 17.2. The molecule has 32 heavy (non-hydrogen) atoms. The van der Waals surface area contributed by atoms with Crippen LogP contribution in [0.5, 0.6) is 0 Å². The summed E-state index contributed by atoms with van der Waals surface area (Å²) in [6, 6.07) is 9.44. The number of aromatic nitrogens is 3.